The van der Waals surface area contributed by atoms with E-state index in [1.165, 1.54) is 6.07 Å². The Bertz CT molecular complexity index is 617. The summed E-state index contributed by atoms with van der Waals surface area (Å²) in [5.74, 6) is -1.28. The first kappa shape index (κ1) is 13.4. The van der Waals surface area contributed by atoms with Crippen molar-refractivity contribution in [3.63, 3.8) is 0 Å². The van der Waals surface area contributed by atoms with Crippen LogP contribution in [0.2, 0.25) is 0 Å². The lowest BCUT2D eigenvalue weighted by Gasteiger charge is -2.12. The number of hydrogen-bond acceptors (Lipinski definition) is 1. The highest BCUT2D eigenvalue weighted by Gasteiger charge is 2.34. The van der Waals surface area contributed by atoms with Crippen LogP contribution in [-0.4, -0.2) is 0 Å². The molecule has 0 aliphatic carbocycles. The van der Waals surface area contributed by atoms with Gasteiger partial charge in [-0.15, -0.1) is 0 Å². The summed E-state index contributed by atoms with van der Waals surface area (Å²) in [5.41, 5.74) is 6.45. The van der Waals surface area contributed by atoms with Gasteiger partial charge in [0.25, 0.3) is 0 Å². The molecule has 0 aliphatic rings. The minimum atomic E-state index is -4.71. The van der Waals surface area contributed by atoms with Crippen molar-refractivity contribution in [3.05, 3.63) is 53.3 Å². The zero-order valence-corrected chi connectivity index (χ0v) is 10.1. The van der Waals surface area contributed by atoms with Crippen LogP contribution < -0.4 is 5.73 Å². The molecule has 0 heterocycles. The summed E-state index contributed by atoms with van der Waals surface area (Å²) in [6.07, 6.45) is -4.71. The van der Waals surface area contributed by atoms with Crippen molar-refractivity contribution in [1.29, 1.82) is 0 Å². The van der Waals surface area contributed by atoms with Gasteiger partial charge >= 0.3 is 6.18 Å². The molecule has 0 bridgehead atoms. The van der Waals surface area contributed by atoms with Gasteiger partial charge in [0.05, 0.1) is 5.56 Å². The number of alkyl halides is 3. The molecule has 2 aromatic carbocycles. The Labute approximate surface area is 107 Å². The Morgan fingerprint density at radius 1 is 1.05 bits per heavy atom. The van der Waals surface area contributed by atoms with Crippen molar-refractivity contribution < 1.29 is 17.6 Å². The molecular formula is C14H11F4N. The Hall–Kier alpha value is -2.04. The quantitative estimate of drug-likeness (QED) is 0.602. The zero-order valence-electron chi connectivity index (χ0n) is 10.1. The number of rotatable bonds is 1. The minimum Gasteiger partial charge on any atom is -0.398 e. The fourth-order valence-electron chi connectivity index (χ4n) is 1.88. The lowest BCUT2D eigenvalue weighted by molar-refractivity contribution is -0.139. The van der Waals surface area contributed by atoms with E-state index in [9.17, 15) is 17.6 Å². The molecule has 0 saturated carbocycles. The van der Waals surface area contributed by atoms with Crippen LogP contribution in [0.15, 0.2) is 36.4 Å². The third-order valence-electron chi connectivity index (χ3n) is 2.96. The number of halogens is 4. The van der Waals surface area contributed by atoms with Gasteiger partial charge in [0, 0.05) is 5.69 Å². The maximum Gasteiger partial charge on any atom is 0.419 e. The van der Waals surface area contributed by atoms with Gasteiger partial charge in [-0.2, -0.15) is 13.2 Å². The van der Waals surface area contributed by atoms with Crippen molar-refractivity contribution in [2.24, 2.45) is 0 Å². The van der Waals surface area contributed by atoms with E-state index < -0.39 is 17.6 Å². The van der Waals surface area contributed by atoms with Crippen molar-refractivity contribution in [1.82, 2.24) is 0 Å². The largest absolute Gasteiger partial charge is 0.419 e. The van der Waals surface area contributed by atoms with Gasteiger partial charge < -0.3 is 5.73 Å². The maximum absolute atomic E-state index is 13.2. The van der Waals surface area contributed by atoms with Gasteiger partial charge in [-0.3, -0.25) is 0 Å². The summed E-state index contributed by atoms with van der Waals surface area (Å²) >= 11 is 0. The number of hydrogen-bond donors (Lipinski definition) is 1. The molecule has 1 nitrogen and oxygen atoms in total. The highest BCUT2D eigenvalue weighted by atomic mass is 19.4. The number of nitrogen functional groups attached to an aromatic ring is 1. The van der Waals surface area contributed by atoms with E-state index in [0.29, 0.717) is 22.4 Å². The normalized spacial score (nSPS) is 11.6. The third kappa shape index (κ3) is 2.54. The molecule has 0 unspecified atom stereocenters. The van der Waals surface area contributed by atoms with Gasteiger partial charge in [-0.25, -0.2) is 4.39 Å². The zero-order chi connectivity index (χ0) is 14.2. The standard InChI is InChI=1S/C14H11F4N/c1-8-10(3-2-4-13(8)19)9-5-6-12(15)11(7-9)14(16,17)18/h2-7H,19H2,1H3. The summed E-state index contributed by atoms with van der Waals surface area (Å²) in [7, 11) is 0. The Kier molecular flexibility index (Phi) is 3.22. The topological polar surface area (TPSA) is 26.0 Å². The summed E-state index contributed by atoms with van der Waals surface area (Å²) < 4.78 is 51.2. The van der Waals surface area contributed by atoms with Crippen molar-refractivity contribution >= 4 is 5.69 Å². The molecule has 0 aromatic heterocycles. The predicted octanol–water partition coefficient (Wildman–Crippen LogP) is 4.40. The lowest BCUT2D eigenvalue weighted by atomic mass is 9.97. The van der Waals surface area contributed by atoms with Crippen LogP contribution in [0, 0.1) is 12.7 Å². The first-order chi connectivity index (χ1) is 8.80. The maximum atomic E-state index is 13.2. The van der Waals surface area contributed by atoms with E-state index in [2.05, 4.69) is 0 Å². The molecule has 2 rings (SSSR count). The van der Waals surface area contributed by atoms with Crippen molar-refractivity contribution in [2.45, 2.75) is 13.1 Å². The van der Waals surface area contributed by atoms with Gasteiger partial charge in [0.2, 0.25) is 0 Å². The summed E-state index contributed by atoms with van der Waals surface area (Å²) in [5, 5.41) is 0. The smallest absolute Gasteiger partial charge is 0.398 e. The fraction of sp³-hybridized carbons (Fsp3) is 0.143. The van der Waals surface area contributed by atoms with Gasteiger partial charge in [-0.1, -0.05) is 18.2 Å². The number of anilines is 1. The Morgan fingerprint density at radius 3 is 2.37 bits per heavy atom. The van der Waals surface area contributed by atoms with Crippen LogP contribution in [-0.2, 0) is 6.18 Å². The Balaban J connectivity index is 2.62. The predicted molar refractivity (Wildman–Crippen MR) is 66.0 cm³/mol. The molecule has 2 aromatic rings. The van der Waals surface area contributed by atoms with Crippen LogP contribution in [0.4, 0.5) is 23.2 Å². The summed E-state index contributed by atoms with van der Waals surface area (Å²) in [6.45, 7) is 1.71. The van der Waals surface area contributed by atoms with E-state index in [-0.39, 0.29) is 0 Å². The van der Waals surface area contributed by atoms with E-state index >= 15 is 0 Å². The average molecular weight is 269 g/mol. The van der Waals surface area contributed by atoms with E-state index in [1.54, 1.807) is 25.1 Å². The van der Waals surface area contributed by atoms with Crippen molar-refractivity contribution in [3.8, 4) is 11.1 Å². The molecule has 0 aliphatic heterocycles. The molecule has 19 heavy (non-hydrogen) atoms. The lowest BCUT2D eigenvalue weighted by Crippen LogP contribution is -2.08. The monoisotopic (exact) mass is 269 g/mol. The number of nitrogens with two attached hydrogens (primary N) is 1. The minimum absolute atomic E-state index is 0.290. The molecule has 0 fully saturated rings. The van der Waals surface area contributed by atoms with E-state index in [0.717, 1.165) is 12.1 Å². The SMILES string of the molecule is Cc1c(N)cccc1-c1ccc(F)c(C(F)(F)F)c1. The van der Waals surface area contributed by atoms with Gasteiger partial charge in [0.1, 0.15) is 5.82 Å². The average Bonchev–Trinajstić information content (AvgIpc) is 2.32. The first-order valence-corrected chi connectivity index (χ1v) is 5.53. The van der Waals surface area contributed by atoms with Gasteiger partial charge in [-0.05, 0) is 41.8 Å². The molecule has 2 N–H and O–H groups in total. The van der Waals surface area contributed by atoms with Gasteiger partial charge in [0.15, 0.2) is 0 Å². The van der Waals surface area contributed by atoms with Crippen LogP contribution in [0.25, 0.3) is 11.1 Å². The third-order valence-corrected chi connectivity index (χ3v) is 2.96. The summed E-state index contributed by atoms with van der Waals surface area (Å²) in [6, 6.07) is 7.89. The molecule has 0 saturated heterocycles. The van der Waals surface area contributed by atoms with Crippen LogP contribution >= 0.6 is 0 Å². The molecule has 0 atom stereocenters. The second-order valence-electron chi connectivity index (χ2n) is 4.21. The van der Waals surface area contributed by atoms with E-state index in [1.807, 2.05) is 0 Å². The van der Waals surface area contributed by atoms with Crippen molar-refractivity contribution in [2.75, 3.05) is 5.73 Å². The fourth-order valence-corrected chi connectivity index (χ4v) is 1.88. The van der Waals surface area contributed by atoms with Crippen LogP contribution in [0.1, 0.15) is 11.1 Å². The summed E-state index contributed by atoms with van der Waals surface area (Å²) in [4.78, 5) is 0. The molecule has 0 amide bonds. The second-order valence-corrected chi connectivity index (χ2v) is 4.21. The molecular weight excluding hydrogens is 258 g/mol. The molecule has 5 heteroatoms. The van der Waals surface area contributed by atoms with Crippen LogP contribution in [0.5, 0.6) is 0 Å². The highest BCUT2D eigenvalue weighted by Crippen LogP contribution is 2.35. The molecule has 0 radical (unpaired) electrons. The Morgan fingerprint density at radius 2 is 1.74 bits per heavy atom. The molecule has 100 valence electrons. The highest BCUT2D eigenvalue weighted by molar-refractivity contribution is 5.73. The van der Waals surface area contributed by atoms with Crippen LogP contribution in [0.3, 0.4) is 0 Å². The number of benzene rings is 2. The second kappa shape index (κ2) is 4.57. The van der Waals surface area contributed by atoms with E-state index in [4.69, 9.17) is 5.73 Å². The first-order valence-electron chi connectivity index (χ1n) is 5.53. The molecule has 0 spiro atoms.